The summed E-state index contributed by atoms with van der Waals surface area (Å²) in [5, 5.41) is 11.5. The van der Waals surface area contributed by atoms with Gasteiger partial charge < -0.3 is 14.7 Å². The minimum absolute atomic E-state index is 0.0282. The van der Waals surface area contributed by atoms with Crippen LogP contribution in [-0.2, 0) is 9.53 Å². The molecule has 6 heteroatoms. The molecule has 11 atom stereocenters. The second-order valence-corrected chi connectivity index (χ2v) is 15.2. The van der Waals surface area contributed by atoms with Crippen LogP contribution in [0.4, 0.5) is 4.39 Å². The molecular formula is C30H47FN2O3. The normalized spacial score (nSPS) is 54.4. The molecule has 0 unspecified atom stereocenters. The first-order valence-electron chi connectivity index (χ1n) is 14.4. The Morgan fingerprint density at radius 2 is 1.81 bits per heavy atom. The number of carbonyl (C=O) groups excluding carboxylic acids is 1. The smallest absolute Gasteiger partial charge is 0.221 e. The molecule has 6 rings (SSSR count). The van der Waals surface area contributed by atoms with Crippen LogP contribution in [0.3, 0.4) is 0 Å². The lowest BCUT2D eigenvalue weighted by Crippen LogP contribution is -2.63. The molecule has 0 saturated heterocycles. The van der Waals surface area contributed by atoms with Gasteiger partial charge in [-0.25, -0.2) is 9.38 Å². The van der Waals surface area contributed by atoms with E-state index < -0.39 is 5.67 Å². The van der Waals surface area contributed by atoms with Crippen molar-refractivity contribution in [3.05, 3.63) is 0 Å². The number of ether oxygens (including phenoxy) is 1. The predicted molar refractivity (Wildman–Crippen MR) is 139 cm³/mol. The summed E-state index contributed by atoms with van der Waals surface area (Å²) in [6, 6.07) is 0.290. The number of aliphatic imine (C=N–C) groups is 1. The van der Waals surface area contributed by atoms with E-state index in [1.54, 1.807) is 0 Å². The number of aliphatic hydroxyl groups excluding tert-OH is 1. The minimum atomic E-state index is -1.56. The number of alkyl halides is 1. The zero-order valence-electron chi connectivity index (χ0n) is 23.7. The van der Waals surface area contributed by atoms with Crippen LogP contribution >= 0.6 is 0 Å². The van der Waals surface area contributed by atoms with Crippen molar-refractivity contribution >= 4 is 11.7 Å². The number of ketones is 1. The third-order valence-electron chi connectivity index (χ3n) is 13.3. The lowest BCUT2D eigenvalue weighted by Gasteiger charge is -2.63. The molecule has 0 aromatic heterocycles. The van der Waals surface area contributed by atoms with E-state index in [1.165, 1.54) is 13.8 Å². The largest absolute Gasteiger partial charge is 0.478 e. The second-order valence-electron chi connectivity index (χ2n) is 15.2. The Bertz CT molecular complexity index is 1020. The summed E-state index contributed by atoms with van der Waals surface area (Å²) in [6.45, 7) is 12.8. The Morgan fingerprint density at radius 3 is 2.44 bits per heavy atom. The van der Waals surface area contributed by atoms with Crippen molar-refractivity contribution in [3.8, 4) is 0 Å². The van der Waals surface area contributed by atoms with Crippen LogP contribution in [0.5, 0.6) is 0 Å². The average Bonchev–Trinajstić information content (AvgIpc) is 3.41. The van der Waals surface area contributed by atoms with E-state index in [0.717, 1.165) is 38.5 Å². The average molecular weight is 503 g/mol. The number of hydrogen-bond donors (Lipinski definition) is 1. The molecule has 0 aromatic rings. The molecule has 202 valence electrons. The van der Waals surface area contributed by atoms with Gasteiger partial charge in [-0.3, -0.25) is 4.79 Å². The van der Waals surface area contributed by atoms with Crippen molar-refractivity contribution in [2.45, 2.75) is 110 Å². The maximum Gasteiger partial charge on any atom is 0.221 e. The van der Waals surface area contributed by atoms with Gasteiger partial charge >= 0.3 is 0 Å². The first kappa shape index (κ1) is 25.3. The fourth-order valence-electron chi connectivity index (χ4n) is 11.3. The first-order valence-corrected chi connectivity index (χ1v) is 14.4. The van der Waals surface area contributed by atoms with E-state index in [4.69, 9.17) is 9.73 Å². The molecule has 0 aromatic carbocycles. The van der Waals surface area contributed by atoms with Crippen molar-refractivity contribution in [2.75, 3.05) is 20.7 Å². The lowest BCUT2D eigenvalue weighted by atomic mass is 9.41. The molecule has 0 radical (unpaired) electrons. The number of aliphatic hydroxyl groups is 1. The van der Waals surface area contributed by atoms with Gasteiger partial charge in [0.25, 0.3) is 0 Å². The molecule has 0 bridgehead atoms. The molecule has 5 aliphatic carbocycles. The first-order chi connectivity index (χ1) is 16.6. The number of fused-ring (bicyclic) bond motifs is 4. The molecule has 1 aliphatic heterocycles. The molecule has 6 aliphatic rings. The van der Waals surface area contributed by atoms with Gasteiger partial charge in [0.2, 0.25) is 5.90 Å². The van der Waals surface area contributed by atoms with Crippen LogP contribution in [0.1, 0.15) is 86.5 Å². The van der Waals surface area contributed by atoms with Gasteiger partial charge in [0, 0.05) is 29.2 Å². The van der Waals surface area contributed by atoms with Crippen molar-refractivity contribution in [2.24, 2.45) is 49.8 Å². The van der Waals surface area contributed by atoms with Crippen LogP contribution in [0.15, 0.2) is 4.99 Å². The van der Waals surface area contributed by atoms with Gasteiger partial charge in [-0.05, 0) is 101 Å². The maximum atomic E-state index is 14.7. The summed E-state index contributed by atoms with van der Waals surface area (Å²) in [4.78, 5) is 21.5. The quantitative estimate of drug-likeness (QED) is 0.587. The minimum Gasteiger partial charge on any atom is -0.478 e. The van der Waals surface area contributed by atoms with Crippen LogP contribution in [0.2, 0.25) is 0 Å². The fourth-order valence-corrected chi connectivity index (χ4v) is 11.3. The zero-order valence-corrected chi connectivity index (χ0v) is 23.7. The summed E-state index contributed by atoms with van der Waals surface area (Å²) < 4.78 is 20.7. The summed E-state index contributed by atoms with van der Waals surface area (Å²) in [5.41, 5.74) is -2.18. The van der Waals surface area contributed by atoms with Gasteiger partial charge in [-0.15, -0.1) is 0 Å². The van der Waals surface area contributed by atoms with Gasteiger partial charge in [0.05, 0.1) is 18.8 Å². The lowest BCUT2D eigenvalue weighted by molar-refractivity contribution is -0.172. The van der Waals surface area contributed by atoms with Gasteiger partial charge in [-0.1, -0.05) is 20.8 Å². The zero-order chi connectivity index (χ0) is 26.3. The van der Waals surface area contributed by atoms with Crippen LogP contribution in [-0.4, -0.2) is 66.2 Å². The van der Waals surface area contributed by atoms with Crippen LogP contribution in [0, 0.1) is 44.8 Å². The monoisotopic (exact) mass is 502 g/mol. The molecule has 5 fully saturated rings. The van der Waals surface area contributed by atoms with E-state index in [-0.39, 0.29) is 57.1 Å². The predicted octanol–water partition coefficient (Wildman–Crippen LogP) is 5.05. The summed E-state index contributed by atoms with van der Waals surface area (Å²) in [7, 11) is 4.18. The third-order valence-corrected chi connectivity index (χ3v) is 13.3. The molecule has 5 saturated carbocycles. The van der Waals surface area contributed by atoms with E-state index in [2.05, 4.69) is 46.7 Å². The van der Waals surface area contributed by atoms with Crippen molar-refractivity contribution < 1.29 is 19.0 Å². The van der Waals surface area contributed by atoms with Crippen LogP contribution in [0.25, 0.3) is 0 Å². The standard InChI is InChI=1S/C30H47FN2O3/c1-17(33(7)8)23-18(34)13-27(5)20-10-9-19-26(4)16-36-24(25(2,3)31)32-21(26)11-12-29(19)15-30(20,29)22(35)14-28(23,27)6/h17-21,23,34H,9-16H2,1-8H3/t17-,18+,19-,20-,21-,23-,26-,27-,28+,29+,30+/m0/s1. The number of halogens is 1. The topological polar surface area (TPSA) is 62.1 Å². The number of carbonyl (C=O) groups is 1. The van der Waals surface area contributed by atoms with E-state index in [0.29, 0.717) is 30.6 Å². The van der Waals surface area contributed by atoms with Crippen molar-refractivity contribution in [1.29, 1.82) is 0 Å². The fraction of sp³-hybridized carbons (Fsp3) is 0.933. The number of rotatable bonds is 3. The SMILES string of the molecule is C[C@@H]([C@H]1[C@H](O)C[C@@]2(C)[C@@H]3CC[C@H]4[C@]5(C)COC(C(C)(C)F)=N[C@H]5CC[C@@]45C[C@]35C(=O)C[C@]12C)N(C)C. The molecule has 2 spiro atoms. The van der Waals surface area contributed by atoms with Gasteiger partial charge in [-0.2, -0.15) is 0 Å². The highest BCUT2D eigenvalue weighted by Crippen LogP contribution is 2.88. The molecule has 0 amide bonds. The molecule has 1 N–H and O–H groups in total. The Balaban J connectivity index is 1.37. The van der Waals surface area contributed by atoms with Gasteiger partial charge in [0.1, 0.15) is 5.78 Å². The Kier molecular flexibility index (Phi) is 5.01. The summed E-state index contributed by atoms with van der Waals surface area (Å²) >= 11 is 0. The molecular weight excluding hydrogens is 455 g/mol. The van der Waals surface area contributed by atoms with E-state index >= 15 is 0 Å². The Labute approximate surface area is 216 Å². The summed E-state index contributed by atoms with van der Waals surface area (Å²) in [6.07, 6.45) is 6.05. The molecule has 36 heavy (non-hydrogen) atoms. The number of hydrogen-bond acceptors (Lipinski definition) is 5. The Morgan fingerprint density at radius 1 is 1.14 bits per heavy atom. The second kappa shape index (κ2) is 7.14. The Hall–Kier alpha value is -1.01. The van der Waals surface area contributed by atoms with E-state index in [1.807, 2.05) is 0 Å². The summed E-state index contributed by atoms with van der Waals surface area (Å²) in [5.74, 6) is 1.53. The highest BCUT2D eigenvalue weighted by molar-refractivity contribution is 5.92. The van der Waals surface area contributed by atoms with Crippen LogP contribution < -0.4 is 0 Å². The molecule has 5 nitrogen and oxygen atoms in total. The maximum absolute atomic E-state index is 14.7. The molecule has 1 heterocycles. The number of Topliss-reactive ketones (excluding diaryl/α,β-unsaturated/α-hetero) is 1. The van der Waals surface area contributed by atoms with Gasteiger partial charge in [0.15, 0.2) is 5.67 Å². The van der Waals surface area contributed by atoms with E-state index in [9.17, 15) is 14.3 Å². The highest BCUT2D eigenvalue weighted by Gasteiger charge is 2.86. The number of nitrogens with zero attached hydrogens (tertiary/aromatic N) is 2. The third kappa shape index (κ3) is 2.69. The van der Waals surface area contributed by atoms with Crippen molar-refractivity contribution in [1.82, 2.24) is 4.90 Å². The highest BCUT2D eigenvalue weighted by atomic mass is 19.1. The van der Waals surface area contributed by atoms with Crippen molar-refractivity contribution in [3.63, 3.8) is 0 Å².